The highest BCUT2D eigenvalue weighted by Gasteiger charge is 2.44. The van der Waals surface area contributed by atoms with Crippen LogP contribution in [0.3, 0.4) is 0 Å². The number of amides is 1. The van der Waals surface area contributed by atoms with Crippen molar-refractivity contribution in [3.05, 3.63) is 0 Å². The van der Waals surface area contributed by atoms with Gasteiger partial charge in [0.2, 0.25) is 5.91 Å². The van der Waals surface area contributed by atoms with Crippen molar-refractivity contribution >= 4 is 5.91 Å². The maximum atomic E-state index is 13.1. The zero-order valence-corrected chi connectivity index (χ0v) is 48.0. The van der Waals surface area contributed by atoms with Crippen molar-refractivity contribution in [2.45, 2.75) is 384 Å². The predicted molar refractivity (Wildman–Crippen MR) is 304 cm³/mol. The van der Waals surface area contributed by atoms with Crippen LogP contribution in [0.4, 0.5) is 0 Å². The quantitative estimate of drug-likeness (QED) is 0.0330. The van der Waals surface area contributed by atoms with E-state index in [4.69, 9.17) is 9.47 Å². The molecule has 1 aliphatic heterocycles. The van der Waals surface area contributed by atoms with E-state index in [-0.39, 0.29) is 12.5 Å². The molecule has 0 bridgehead atoms. The van der Waals surface area contributed by atoms with Gasteiger partial charge in [-0.2, -0.15) is 0 Å². The summed E-state index contributed by atoms with van der Waals surface area (Å²) in [5.41, 5.74) is 0. The summed E-state index contributed by atoms with van der Waals surface area (Å²) in [6.07, 6.45) is 58.7. The molecule has 1 rings (SSSR count). The lowest BCUT2D eigenvalue weighted by atomic mass is 9.99. The van der Waals surface area contributed by atoms with Gasteiger partial charge in [0.25, 0.3) is 0 Å². The fourth-order valence-corrected chi connectivity index (χ4v) is 10.9. The van der Waals surface area contributed by atoms with E-state index in [0.717, 1.165) is 38.5 Å². The van der Waals surface area contributed by atoms with Crippen LogP contribution in [0, 0.1) is 0 Å². The van der Waals surface area contributed by atoms with Crippen molar-refractivity contribution in [1.29, 1.82) is 0 Å². The maximum absolute atomic E-state index is 13.1. The second-order valence-corrected chi connectivity index (χ2v) is 22.9. The fraction of sp³-hybridized carbons (Fsp3) is 0.984. The Morgan fingerprint density at radius 2 is 0.694 bits per heavy atom. The molecule has 1 saturated heterocycles. The number of aliphatic hydroxyl groups is 5. The molecule has 72 heavy (non-hydrogen) atoms. The summed E-state index contributed by atoms with van der Waals surface area (Å²) in [7, 11) is 0. The van der Waals surface area contributed by atoms with Gasteiger partial charge in [-0.3, -0.25) is 4.79 Å². The first-order valence-corrected chi connectivity index (χ1v) is 32.2. The second kappa shape index (κ2) is 53.6. The first-order chi connectivity index (χ1) is 35.3. The fourth-order valence-electron chi connectivity index (χ4n) is 10.9. The third-order valence-corrected chi connectivity index (χ3v) is 16.0. The highest BCUT2D eigenvalue weighted by molar-refractivity contribution is 5.76. The number of carbonyl (C=O) groups is 1. The van der Waals surface area contributed by atoms with E-state index in [2.05, 4.69) is 19.2 Å². The molecule has 0 radical (unpaired) electrons. The molecular weight excluding hydrogens is 899 g/mol. The monoisotopic (exact) mass is 1020 g/mol. The molecule has 6 N–H and O–H groups in total. The minimum atomic E-state index is -1.55. The largest absolute Gasteiger partial charge is 0.394 e. The summed E-state index contributed by atoms with van der Waals surface area (Å²) in [4.78, 5) is 13.1. The van der Waals surface area contributed by atoms with Crippen LogP contribution < -0.4 is 5.32 Å². The van der Waals surface area contributed by atoms with Crippen LogP contribution in [-0.4, -0.2) is 87.5 Å². The highest BCUT2D eigenvalue weighted by atomic mass is 16.7. The van der Waals surface area contributed by atoms with E-state index >= 15 is 0 Å². The molecule has 9 nitrogen and oxygen atoms in total. The Balaban J connectivity index is 2.13. The van der Waals surface area contributed by atoms with Gasteiger partial charge >= 0.3 is 0 Å². The van der Waals surface area contributed by atoms with Gasteiger partial charge in [-0.25, -0.2) is 0 Å². The number of hydrogen-bond acceptors (Lipinski definition) is 8. The third-order valence-electron chi connectivity index (χ3n) is 16.0. The van der Waals surface area contributed by atoms with Gasteiger partial charge in [-0.15, -0.1) is 0 Å². The number of carbonyl (C=O) groups excluding carboxylic acids is 1. The zero-order valence-electron chi connectivity index (χ0n) is 48.0. The number of ether oxygens (including phenoxy) is 2. The first kappa shape index (κ1) is 69.2. The van der Waals surface area contributed by atoms with Crippen molar-refractivity contribution < 1.29 is 39.8 Å². The number of unbranched alkanes of at least 4 members (excludes halogenated alkanes) is 47. The van der Waals surface area contributed by atoms with E-state index < -0.39 is 49.5 Å². The van der Waals surface area contributed by atoms with E-state index in [1.54, 1.807) is 0 Å². The average molecular weight is 1020 g/mol. The molecule has 0 aliphatic carbocycles. The predicted octanol–water partition coefficient (Wildman–Crippen LogP) is 16.6. The molecule has 9 heteroatoms. The van der Waals surface area contributed by atoms with E-state index in [1.165, 1.54) is 276 Å². The average Bonchev–Trinajstić information content (AvgIpc) is 3.38. The van der Waals surface area contributed by atoms with Gasteiger partial charge in [0.15, 0.2) is 6.29 Å². The Morgan fingerprint density at radius 3 is 0.986 bits per heavy atom. The summed E-state index contributed by atoms with van der Waals surface area (Å²) in [6, 6.07) is -0.714. The van der Waals surface area contributed by atoms with E-state index in [0.29, 0.717) is 12.8 Å². The van der Waals surface area contributed by atoms with Gasteiger partial charge in [-0.05, 0) is 12.8 Å². The lowest BCUT2D eigenvalue weighted by Crippen LogP contribution is -2.60. The van der Waals surface area contributed by atoms with Crippen molar-refractivity contribution in [2.24, 2.45) is 0 Å². The molecule has 7 unspecified atom stereocenters. The first-order valence-electron chi connectivity index (χ1n) is 32.2. The van der Waals surface area contributed by atoms with Crippen LogP contribution in [-0.2, 0) is 14.3 Å². The SMILES string of the molecule is CCCCCCCCCCCCCCCCCCCCCCCCCCCCCCC(O)C(COC1OC(CO)C(O)C(O)C1O)NC(=O)CCCCCCCCCCCCCCCCCCCCCCC. The minimum Gasteiger partial charge on any atom is -0.394 e. The Hall–Kier alpha value is -0.810. The van der Waals surface area contributed by atoms with Crippen molar-refractivity contribution in [1.82, 2.24) is 5.32 Å². The molecule has 0 aromatic rings. The van der Waals surface area contributed by atoms with Gasteiger partial charge < -0.3 is 40.3 Å². The molecule has 0 saturated carbocycles. The summed E-state index contributed by atoms with van der Waals surface area (Å²) >= 11 is 0. The summed E-state index contributed by atoms with van der Waals surface area (Å²) < 4.78 is 11.4. The zero-order chi connectivity index (χ0) is 52.2. The molecule has 7 atom stereocenters. The molecule has 0 aromatic heterocycles. The topological polar surface area (TPSA) is 149 Å². The molecule has 1 heterocycles. The number of hydrogen-bond donors (Lipinski definition) is 6. The number of nitrogens with one attached hydrogen (secondary N) is 1. The van der Waals surface area contributed by atoms with Gasteiger partial charge in [0, 0.05) is 6.42 Å². The summed E-state index contributed by atoms with van der Waals surface area (Å²) in [5.74, 6) is -0.135. The minimum absolute atomic E-state index is 0.131. The van der Waals surface area contributed by atoms with Crippen LogP contribution in [0.2, 0.25) is 0 Å². The number of aliphatic hydroxyl groups excluding tert-OH is 5. The summed E-state index contributed by atoms with van der Waals surface area (Å²) in [6.45, 7) is 3.90. The molecular formula is C63H125NO8. The Labute approximate surface area is 446 Å². The molecule has 0 aromatic carbocycles. The van der Waals surface area contributed by atoms with Crippen LogP contribution in [0.25, 0.3) is 0 Å². The molecule has 1 amide bonds. The maximum Gasteiger partial charge on any atom is 0.220 e. The van der Waals surface area contributed by atoms with Crippen LogP contribution in [0.15, 0.2) is 0 Å². The van der Waals surface area contributed by atoms with E-state index in [1.807, 2.05) is 0 Å². The van der Waals surface area contributed by atoms with Crippen LogP contribution in [0.5, 0.6) is 0 Å². The number of rotatable bonds is 57. The van der Waals surface area contributed by atoms with Gasteiger partial charge in [-0.1, -0.05) is 322 Å². The third kappa shape index (κ3) is 42.3. The lowest BCUT2D eigenvalue weighted by molar-refractivity contribution is -0.302. The smallest absolute Gasteiger partial charge is 0.220 e. The van der Waals surface area contributed by atoms with Crippen LogP contribution in [0.1, 0.15) is 341 Å². The second-order valence-electron chi connectivity index (χ2n) is 22.9. The normalized spacial score (nSPS) is 19.0. The lowest BCUT2D eigenvalue weighted by Gasteiger charge is -2.40. The van der Waals surface area contributed by atoms with Crippen molar-refractivity contribution in [3.8, 4) is 0 Å². The van der Waals surface area contributed by atoms with Crippen molar-refractivity contribution in [2.75, 3.05) is 13.2 Å². The van der Waals surface area contributed by atoms with Gasteiger partial charge in [0.1, 0.15) is 24.4 Å². The Kier molecular flexibility index (Phi) is 51.5. The standard InChI is InChI=1S/C63H125NO8/c1-3-5-7-9-11-13-15-17-19-21-23-25-26-27-28-29-30-31-33-34-36-38-40-42-44-46-48-50-52-57(66)56(55-71-63-62(70)61(69)60(68)58(54-65)72-63)64-59(67)53-51-49-47-45-43-41-39-37-35-32-24-22-20-18-16-14-12-10-8-6-4-2/h56-58,60-63,65-66,68-70H,3-55H2,1-2H3,(H,64,67). The van der Waals surface area contributed by atoms with Crippen LogP contribution >= 0.6 is 0 Å². The molecule has 430 valence electrons. The molecule has 0 spiro atoms. The van der Waals surface area contributed by atoms with Gasteiger partial charge in [0.05, 0.1) is 25.4 Å². The molecule has 1 fully saturated rings. The Morgan fingerprint density at radius 1 is 0.417 bits per heavy atom. The van der Waals surface area contributed by atoms with E-state index in [9.17, 15) is 30.3 Å². The summed E-state index contributed by atoms with van der Waals surface area (Å²) in [5, 5.41) is 54.8. The van der Waals surface area contributed by atoms with Crippen molar-refractivity contribution in [3.63, 3.8) is 0 Å². The Bertz CT molecular complexity index is 1100. The highest BCUT2D eigenvalue weighted by Crippen LogP contribution is 2.24. The molecule has 1 aliphatic rings.